The van der Waals surface area contributed by atoms with Crippen LogP contribution in [0.25, 0.3) is 5.76 Å². The second-order valence-corrected chi connectivity index (χ2v) is 8.09. The molecule has 1 saturated heterocycles. The summed E-state index contributed by atoms with van der Waals surface area (Å²) in [7, 11) is 8.39. The minimum atomic E-state index is -0.772. The van der Waals surface area contributed by atoms with Crippen LogP contribution in [-0.4, -0.2) is 75.1 Å². The van der Waals surface area contributed by atoms with Gasteiger partial charge in [0.05, 0.1) is 32.9 Å². The second kappa shape index (κ2) is 9.95. The SMILES string of the molecule is COc1ccc(C(O)=C2C(=O)C(=O)N(CCN(C)C)[C@H]2c2ccc(OC)c(OC)c2)c(C)c1. The third-order valence-electron chi connectivity index (χ3n) is 5.74. The Morgan fingerprint density at radius 2 is 1.70 bits per heavy atom. The van der Waals surface area contributed by atoms with Crippen LogP contribution in [0.15, 0.2) is 42.0 Å². The van der Waals surface area contributed by atoms with Gasteiger partial charge in [-0.3, -0.25) is 9.59 Å². The Kier molecular flexibility index (Phi) is 7.28. The van der Waals surface area contributed by atoms with E-state index in [0.717, 1.165) is 5.56 Å². The average Bonchev–Trinajstić information content (AvgIpc) is 3.06. The highest BCUT2D eigenvalue weighted by molar-refractivity contribution is 6.46. The number of hydrogen-bond donors (Lipinski definition) is 1. The van der Waals surface area contributed by atoms with E-state index in [4.69, 9.17) is 14.2 Å². The highest BCUT2D eigenvalue weighted by atomic mass is 16.5. The van der Waals surface area contributed by atoms with Gasteiger partial charge in [-0.15, -0.1) is 0 Å². The van der Waals surface area contributed by atoms with Crippen molar-refractivity contribution >= 4 is 17.4 Å². The molecular weight excluding hydrogens is 424 g/mol. The lowest BCUT2D eigenvalue weighted by Crippen LogP contribution is -2.35. The van der Waals surface area contributed by atoms with E-state index in [1.807, 2.05) is 25.9 Å². The van der Waals surface area contributed by atoms with Gasteiger partial charge >= 0.3 is 0 Å². The molecule has 0 aliphatic carbocycles. The summed E-state index contributed by atoms with van der Waals surface area (Å²) in [5.74, 6) is 0.0319. The van der Waals surface area contributed by atoms with E-state index in [1.54, 1.807) is 43.5 Å². The van der Waals surface area contributed by atoms with Crippen LogP contribution in [0.4, 0.5) is 0 Å². The van der Waals surface area contributed by atoms with Crippen LogP contribution in [0.2, 0.25) is 0 Å². The third-order valence-corrected chi connectivity index (χ3v) is 5.74. The maximum atomic E-state index is 13.2. The van der Waals surface area contributed by atoms with E-state index in [-0.39, 0.29) is 11.3 Å². The lowest BCUT2D eigenvalue weighted by atomic mass is 9.93. The number of ether oxygens (including phenoxy) is 3. The summed E-state index contributed by atoms with van der Waals surface area (Å²) < 4.78 is 16.0. The van der Waals surface area contributed by atoms with Crippen LogP contribution in [0.1, 0.15) is 22.7 Å². The maximum Gasteiger partial charge on any atom is 0.295 e. The number of benzene rings is 2. The Balaban J connectivity index is 2.21. The molecule has 0 aromatic heterocycles. The van der Waals surface area contributed by atoms with Crippen LogP contribution in [0.5, 0.6) is 17.2 Å². The minimum Gasteiger partial charge on any atom is -0.507 e. The van der Waals surface area contributed by atoms with E-state index < -0.39 is 17.7 Å². The Hall–Kier alpha value is -3.52. The molecule has 3 rings (SSSR count). The van der Waals surface area contributed by atoms with Crippen LogP contribution < -0.4 is 14.2 Å². The first-order chi connectivity index (χ1) is 15.7. The number of Topliss-reactive ketones (excluding diaryl/α,β-unsaturated/α-hetero) is 1. The zero-order valence-corrected chi connectivity index (χ0v) is 19.8. The summed E-state index contributed by atoms with van der Waals surface area (Å²) in [4.78, 5) is 29.6. The fourth-order valence-corrected chi connectivity index (χ4v) is 3.96. The molecule has 1 atom stereocenters. The first-order valence-corrected chi connectivity index (χ1v) is 10.5. The van der Waals surface area contributed by atoms with Crippen molar-refractivity contribution in [2.45, 2.75) is 13.0 Å². The maximum absolute atomic E-state index is 13.2. The molecule has 2 aromatic carbocycles. The molecule has 1 amide bonds. The summed E-state index contributed by atoms with van der Waals surface area (Å²) >= 11 is 0. The number of nitrogens with zero attached hydrogens (tertiary/aromatic N) is 2. The molecule has 1 heterocycles. The van der Waals surface area contributed by atoms with Crippen molar-refractivity contribution in [1.82, 2.24) is 9.80 Å². The monoisotopic (exact) mass is 454 g/mol. The standard InChI is InChI=1S/C25H30N2O6/c1-15-13-17(31-4)8-9-18(15)23(28)21-22(16-7-10-19(32-5)20(14-16)33-6)27(12-11-26(2)3)25(30)24(21)29/h7-10,13-14,22,28H,11-12H2,1-6H3/t22-/m0/s1. The van der Waals surface area contributed by atoms with Gasteiger partial charge in [-0.1, -0.05) is 6.07 Å². The number of aliphatic hydroxyl groups excluding tert-OH is 1. The predicted octanol–water partition coefficient (Wildman–Crippen LogP) is 3.00. The van der Waals surface area contributed by atoms with Crippen LogP contribution in [0, 0.1) is 6.92 Å². The van der Waals surface area contributed by atoms with Gasteiger partial charge in [-0.25, -0.2) is 0 Å². The summed E-state index contributed by atoms with van der Waals surface area (Å²) in [6.45, 7) is 2.68. The minimum absolute atomic E-state index is 0.0410. The number of aryl methyl sites for hydroxylation is 1. The fourth-order valence-electron chi connectivity index (χ4n) is 3.96. The molecule has 0 radical (unpaired) electrons. The number of likely N-dealkylation sites (N-methyl/N-ethyl adjacent to an activating group) is 1. The first-order valence-electron chi connectivity index (χ1n) is 10.5. The lowest BCUT2D eigenvalue weighted by Gasteiger charge is -2.27. The molecule has 0 bridgehead atoms. The van der Waals surface area contributed by atoms with E-state index in [9.17, 15) is 14.7 Å². The number of likely N-dealkylation sites (tertiary alicyclic amines) is 1. The summed E-state index contributed by atoms with van der Waals surface area (Å²) in [5.41, 5.74) is 1.86. The van der Waals surface area contributed by atoms with Gasteiger partial charge in [0.15, 0.2) is 11.5 Å². The molecule has 1 aliphatic heterocycles. The highest BCUT2D eigenvalue weighted by Crippen LogP contribution is 2.42. The normalized spacial score (nSPS) is 17.5. The van der Waals surface area contributed by atoms with E-state index in [0.29, 0.717) is 41.5 Å². The number of hydrogen-bond acceptors (Lipinski definition) is 7. The largest absolute Gasteiger partial charge is 0.507 e. The molecule has 0 saturated carbocycles. The third kappa shape index (κ3) is 4.66. The van der Waals surface area contributed by atoms with Crippen molar-refractivity contribution < 1.29 is 28.9 Å². The van der Waals surface area contributed by atoms with E-state index in [1.165, 1.54) is 19.1 Å². The Morgan fingerprint density at radius 3 is 2.27 bits per heavy atom. The van der Waals surface area contributed by atoms with Crippen LogP contribution >= 0.6 is 0 Å². The Morgan fingerprint density at radius 1 is 1.00 bits per heavy atom. The second-order valence-electron chi connectivity index (χ2n) is 8.09. The number of amides is 1. The first kappa shape index (κ1) is 24.1. The molecule has 33 heavy (non-hydrogen) atoms. The van der Waals surface area contributed by atoms with Gasteiger partial charge in [0.25, 0.3) is 11.7 Å². The topological polar surface area (TPSA) is 88.5 Å². The van der Waals surface area contributed by atoms with Crippen molar-refractivity contribution in [3.8, 4) is 17.2 Å². The van der Waals surface area contributed by atoms with Gasteiger partial charge in [-0.05, 0) is 62.5 Å². The number of aliphatic hydroxyl groups is 1. The van der Waals surface area contributed by atoms with Crippen LogP contribution in [0.3, 0.4) is 0 Å². The number of methoxy groups -OCH3 is 3. The number of carbonyl (C=O) groups is 2. The van der Waals surface area contributed by atoms with Gasteiger partial charge in [-0.2, -0.15) is 0 Å². The molecule has 0 unspecified atom stereocenters. The fraction of sp³-hybridized carbons (Fsp3) is 0.360. The highest BCUT2D eigenvalue weighted by Gasteiger charge is 2.46. The van der Waals surface area contributed by atoms with Gasteiger partial charge in [0.2, 0.25) is 0 Å². The lowest BCUT2D eigenvalue weighted by molar-refractivity contribution is -0.140. The summed E-state index contributed by atoms with van der Waals surface area (Å²) in [5, 5.41) is 11.3. The molecular formula is C25H30N2O6. The van der Waals surface area contributed by atoms with Crippen molar-refractivity contribution in [3.63, 3.8) is 0 Å². The predicted molar refractivity (Wildman–Crippen MR) is 125 cm³/mol. The molecule has 1 N–H and O–H groups in total. The molecule has 0 spiro atoms. The van der Waals surface area contributed by atoms with Crippen molar-refractivity contribution in [2.75, 3.05) is 48.5 Å². The molecule has 176 valence electrons. The van der Waals surface area contributed by atoms with Gasteiger partial charge in [0.1, 0.15) is 11.5 Å². The molecule has 1 fully saturated rings. The Labute approximate surface area is 194 Å². The van der Waals surface area contributed by atoms with E-state index >= 15 is 0 Å². The summed E-state index contributed by atoms with van der Waals surface area (Å²) in [6.07, 6.45) is 0. The molecule has 1 aliphatic rings. The average molecular weight is 455 g/mol. The van der Waals surface area contributed by atoms with E-state index in [2.05, 4.69) is 0 Å². The zero-order chi connectivity index (χ0) is 24.3. The van der Waals surface area contributed by atoms with Gasteiger partial charge in [0, 0.05) is 18.7 Å². The zero-order valence-electron chi connectivity index (χ0n) is 19.8. The number of ketones is 1. The van der Waals surface area contributed by atoms with Crippen molar-refractivity contribution in [1.29, 1.82) is 0 Å². The molecule has 8 heteroatoms. The summed E-state index contributed by atoms with van der Waals surface area (Å²) in [6, 6.07) is 9.60. The Bertz CT molecular complexity index is 1090. The number of carbonyl (C=O) groups excluding carboxylic acids is 2. The molecule has 8 nitrogen and oxygen atoms in total. The van der Waals surface area contributed by atoms with Crippen LogP contribution in [-0.2, 0) is 9.59 Å². The number of rotatable bonds is 8. The molecule has 2 aromatic rings. The van der Waals surface area contributed by atoms with Crippen molar-refractivity contribution in [2.24, 2.45) is 0 Å². The smallest absolute Gasteiger partial charge is 0.295 e. The van der Waals surface area contributed by atoms with Gasteiger partial charge < -0.3 is 29.1 Å². The van der Waals surface area contributed by atoms with Crippen molar-refractivity contribution in [3.05, 3.63) is 58.7 Å². The quantitative estimate of drug-likeness (QED) is 0.373.